The van der Waals surface area contributed by atoms with E-state index in [1.807, 2.05) is 12.1 Å². The first-order valence-corrected chi connectivity index (χ1v) is 5.32. The van der Waals surface area contributed by atoms with Gasteiger partial charge in [-0.05, 0) is 32.1 Å². The van der Waals surface area contributed by atoms with Crippen LogP contribution in [0.15, 0.2) is 48.1 Å². The highest BCUT2D eigenvalue weighted by Crippen LogP contribution is 2.18. The van der Waals surface area contributed by atoms with Crippen LogP contribution in [-0.2, 0) is 0 Å². The van der Waals surface area contributed by atoms with Crippen molar-refractivity contribution < 1.29 is 4.74 Å². The fourth-order valence-corrected chi connectivity index (χ4v) is 1.59. The standard InChI is InChI=1S/C14H16O/c1-11-3-7-13(8-4-11)15-14-9-5-12(2)6-10-14/h3-9,14H,10H2,1-2H3/t14-/m1/s1. The van der Waals surface area contributed by atoms with Gasteiger partial charge in [-0.15, -0.1) is 0 Å². The molecule has 15 heavy (non-hydrogen) atoms. The zero-order chi connectivity index (χ0) is 10.7. The molecule has 1 heteroatoms. The predicted octanol–water partition coefficient (Wildman–Crippen LogP) is 3.65. The fourth-order valence-electron chi connectivity index (χ4n) is 1.59. The highest BCUT2D eigenvalue weighted by molar-refractivity contribution is 5.28. The molecule has 0 radical (unpaired) electrons. The van der Waals surface area contributed by atoms with Crippen LogP contribution in [0.4, 0.5) is 0 Å². The average molecular weight is 200 g/mol. The summed E-state index contributed by atoms with van der Waals surface area (Å²) in [4.78, 5) is 0. The predicted molar refractivity (Wildman–Crippen MR) is 63.1 cm³/mol. The molecule has 1 aliphatic rings. The Bertz CT molecular complexity index is 384. The molecule has 0 fully saturated rings. The van der Waals surface area contributed by atoms with Gasteiger partial charge in [-0.25, -0.2) is 0 Å². The number of hydrogen-bond donors (Lipinski definition) is 0. The lowest BCUT2D eigenvalue weighted by Crippen LogP contribution is -2.14. The van der Waals surface area contributed by atoms with Gasteiger partial charge in [0.15, 0.2) is 0 Å². The van der Waals surface area contributed by atoms with Gasteiger partial charge in [0, 0.05) is 6.42 Å². The molecule has 1 nitrogen and oxygen atoms in total. The third-order valence-electron chi connectivity index (χ3n) is 2.55. The van der Waals surface area contributed by atoms with E-state index >= 15 is 0 Å². The van der Waals surface area contributed by atoms with E-state index in [4.69, 9.17) is 4.74 Å². The first-order valence-electron chi connectivity index (χ1n) is 5.32. The van der Waals surface area contributed by atoms with Crippen LogP contribution in [0.3, 0.4) is 0 Å². The number of rotatable bonds is 2. The van der Waals surface area contributed by atoms with E-state index in [9.17, 15) is 0 Å². The summed E-state index contributed by atoms with van der Waals surface area (Å²) >= 11 is 0. The van der Waals surface area contributed by atoms with Crippen molar-refractivity contribution in [2.45, 2.75) is 26.4 Å². The van der Waals surface area contributed by atoms with Crippen molar-refractivity contribution in [1.82, 2.24) is 0 Å². The van der Waals surface area contributed by atoms with Crippen LogP contribution in [0.5, 0.6) is 5.75 Å². The smallest absolute Gasteiger partial charge is 0.121 e. The van der Waals surface area contributed by atoms with Gasteiger partial charge in [-0.1, -0.05) is 35.4 Å². The van der Waals surface area contributed by atoms with Crippen LogP contribution in [0.25, 0.3) is 0 Å². The second-order valence-corrected chi connectivity index (χ2v) is 4.01. The van der Waals surface area contributed by atoms with Crippen LogP contribution >= 0.6 is 0 Å². The van der Waals surface area contributed by atoms with Crippen molar-refractivity contribution in [3.63, 3.8) is 0 Å². The Hall–Kier alpha value is -1.50. The number of allylic oxidation sites excluding steroid dienone is 2. The topological polar surface area (TPSA) is 9.23 Å². The first kappa shape index (κ1) is 10.0. The van der Waals surface area contributed by atoms with Crippen molar-refractivity contribution >= 4 is 0 Å². The molecule has 1 aromatic rings. The maximum atomic E-state index is 5.83. The minimum absolute atomic E-state index is 0.191. The van der Waals surface area contributed by atoms with Crippen LogP contribution in [-0.4, -0.2) is 6.10 Å². The van der Waals surface area contributed by atoms with Gasteiger partial charge in [0.2, 0.25) is 0 Å². The summed E-state index contributed by atoms with van der Waals surface area (Å²) in [6.07, 6.45) is 7.60. The molecule has 2 rings (SSSR count). The zero-order valence-corrected chi connectivity index (χ0v) is 9.23. The van der Waals surface area contributed by atoms with Gasteiger partial charge in [-0.2, -0.15) is 0 Å². The summed E-state index contributed by atoms with van der Waals surface area (Å²) in [5.41, 5.74) is 2.58. The maximum absolute atomic E-state index is 5.83. The van der Waals surface area contributed by atoms with E-state index in [1.165, 1.54) is 11.1 Å². The van der Waals surface area contributed by atoms with Crippen molar-refractivity contribution in [2.24, 2.45) is 0 Å². The van der Waals surface area contributed by atoms with Crippen LogP contribution in [0.1, 0.15) is 18.9 Å². The average Bonchev–Trinajstić information content (AvgIpc) is 2.25. The van der Waals surface area contributed by atoms with Crippen molar-refractivity contribution in [3.05, 3.63) is 53.6 Å². The lowest BCUT2D eigenvalue weighted by molar-refractivity contribution is 0.251. The van der Waals surface area contributed by atoms with E-state index in [0.29, 0.717) is 0 Å². The molecule has 0 saturated carbocycles. The van der Waals surface area contributed by atoms with E-state index in [2.05, 4.69) is 44.2 Å². The second-order valence-electron chi connectivity index (χ2n) is 4.01. The molecule has 1 atom stereocenters. The third-order valence-corrected chi connectivity index (χ3v) is 2.55. The highest BCUT2D eigenvalue weighted by atomic mass is 16.5. The van der Waals surface area contributed by atoms with Gasteiger partial charge < -0.3 is 4.74 Å². The summed E-state index contributed by atoms with van der Waals surface area (Å²) in [6, 6.07) is 8.19. The summed E-state index contributed by atoms with van der Waals surface area (Å²) in [5, 5.41) is 0. The molecule has 78 valence electrons. The SMILES string of the molecule is CC1=CC[C@H](Oc2ccc(C)cc2)C=C1. The molecule has 0 heterocycles. The first-order chi connectivity index (χ1) is 7.24. The maximum Gasteiger partial charge on any atom is 0.121 e. The number of hydrogen-bond acceptors (Lipinski definition) is 1. The van der Waals surface area contributed by atoms with Gasteiger partial charge in [0.25, 0.3) is 0 Å². The highest BCUT2D eigenvalue weighted by Gasteiger charge is 2.08. The summed E-state index contributed by atoms with van der Waals surface area (Å²) in [5.74, 6) is 0.947. The molecule has 0 aliphatic heterocycles. The van der Waals surface area contributed by atoms with Crippen LogP contribution < -0.4 is 4.74 Å². The molecular formula is C14H16O. The lowest BCUT2D eigenvalue weighted by atomic mass is 10.1. The lowest BCUT2D eigenvalue weighted by Gasteiger charge is -2.17. The summed E-state index contributed by atoms with van der Waals surface area (Å²) < 4.78 is 5.83. The van der Waals surface area contributed by atoms with Crippen molar-refractivity contribution in [1.29, 1.82) is 0 Å². The monoisotopic (exact) mass is 200 g/mol. The molecule has 0 bridgehead atoms. The zero-order valence-electron chi connectivity index (χ0n) is 9.23. The van der Waals surface area contributed by atoms with E-state index < -0.39 is 0 Å². The Balaban J connectivity index is 1.99. The molecule has 0 unspecified atom stereocenters. The molecule has 1 aromatic carbocycles. The number of benzene rings is 1. The quantitative estimate of drug-likeness (QED) is 0.708. The Kier molecular flexibility index (Phi) is 2.91. The largest absolute Gasteiger partial charge is 0.486 e. The van der Waals surface area contributed by atoms with Gasteiger partial charge >= 0.3 is 0 Å². The molecule has 0 N–H and O–H groups in total. The minimum Gasteiger partial charge on any atom is -0.486 e. The molecule has 0 spiro atoms. The van der Waals surface area contributed by atoms with Crippen LogP contribution in [0.2, 0.25) is 0 Å². The second kappa shape index (κ2) is 4.35. The number of aryl methyl sites for hydroxylation is 1. The van der Waals surface area contributed by atoms with E-state index in [1.54, 1.807) is 0 Å². The molecule has 0 saturated heterocycles. The molecule has 0 amide bonds. The van der Waals surface area contributed by atoms with E-state index in [-0.39, 0.29) is 6.10 Å². The number of ether oxygens (including phenoxy) is 1. The van der Waals surface area contributed by atoms with Crippen molar-refractivity contribution in [2.75, 3.05) is 0 Å². The molecule has 0 aromatic heterocycles. The molecule has 1 aliphatic carbocycles. The Morgan fingerprint density at radius 1 is 1.13 bits per heavy atom. The minimum atomic E-state index is 0.191. The van der Waals surface area contributed by atoms with E-state index in [0.717, 1.165) is 12.2 Å². The Labute approximate surface area is 91.1 Å². The summed E-state index contributed by atoms with van der Waals surface area (Å²) in [7, 11) is 0. The van der Waals surface area contributed by atoms with Crippen molar-refractivity contribution in [3.8, 4) is 5.75 Å². The van der Waals surface area contributed by atoms with Crippen LogP contribution in [0, 0.1) is 6.92 Å². The third kappa shape index (κ3) is 2.72. The van der Waals surface area contributed by atoms with Gasteiger partial charge in [-0.3, -0.25) is 0 Å². The normalized spacial score (nSPS) is 19.9. The summed E-state index contributed by atoms with van der Waals surface area (Å²) in [6.45, 7) is 4.19. The van der Waals surface area contributed by atoms with Gasteiger partial charge in [0.1, 0.15) is 11.9 Å². The van der Waals surface area contributed by atoms with Gasteiger partial charge in [0.05, 0.1) is 0 Å². The Morgan fingerprint density at radius 3 is 2.47 bits per heavy atom. The fraction of sp³-hybridized carbons (Fsp3) is 0.286. The molecular weight excluding hydrogens is 184 g/mol. The Morgan fingerprint density at radius 2 is 1.87 bits per heavy atom.